The highest BCUT2D eigenvalue weighted by atomic mass is 35.5. The molecule has 0 saturated heterocycles. The number of nitrogens with one attached hydrogen (secondary N) is 1. The van der Waals surface area contributed by atoms with E-state index in [-0.39, 0.29) is 10.6 Å². The molecule has 0 saturated carbocycles. The molecule has 0 bridgehead atoms. The van der Waals surface area contributed by atoms with Crippen molar-refractivity contribution < 1.29 is 14.3 Å². The molecule has 8 heteroatoms. The fourth-order valence-corrected chi connectivity index (χ4v) is 2.98. The van der Waals surface area contributed by atoms with Crippen LogP contribution in [0.4, 0.5) is 5.69 Å². The van der Waals surface area contributed by atoms with Crippen LogP contribution in [0.25, 0.3) is 6.08 Å². The number of nitriles is 1. The Labute approximate surface area is 165 Å². The van der Waals surface area contributed by atoms with Crippen LogP contribution in [0.2, 0.25) is 15.1 Å². The summed E-state index contributed by atoms with van der Waals surface area (Å²) in [4.78, 5) is 12.4. The molecule has 1 amide bonds. The maximum Gasteiger partial charge on any atom is 0.266 e. The molecule has 0 fully saturated rings. The third kappa shape index (κ3) is 4.83. The van der Waals surface area contributed by atoms with E-state index in [1.54, 1.807) is 12.1 Å². The number of carbonyl (C=O) groups excluding carboxylic acids is 1. The minimum Gasteiger partial charge on any atom is -0.493 e. The Bertz CT molecular complexity index is 900. The van der Waals surface area contributed by atoms with E-state index < -0.39 is 5.91 Å². The molecule has 0 atom stereocenters. The van der Waals surface area contributed by atoms with E-state index in [0.29, 0.717) is 32.8 Å². The van der Waals surface area contributed by atoms with Gasteiger partial charge in [0, 0.05) is 15.7 Å². The summed E-state index contributed by atoms with van der Waals surface area (Å²) >= 11 is 17.9. The predicted molar refractivity (Wildman–Crippen MR) is 103 cm³/mol. The highest BCUT2D eigenvalue weighted by Crippen LogP contribution is 2.36. The van der Waals surface area contributed by atoms with Crippen molar-refractivity contribution in [2.75, 3.05) is 19.5 Å². The lowest BCUT2D eigenvalue weighted by Crippen LogP contribution is -2.13. The number of benzene rings is 2. The second-order valence-electron chi connectivity index (χ2n) is 5.02. The highest BCUT2D eigenvalue weighted by molar-refractivity contribution is 6.35. The average molecular weight is 412 g/mol. The summed E-state index contributed by atoms with van der Waals surface area (Å²) in [6.45, 7) is 0. The third-order valence-corrected chi connectivity index (χ3v) is 3.97. The molecule has 2 rings (SSSR count). The Hall–Kier alpha value is -2.39. The summed E-state index contributed by atoms with van der Waals surface area (Å²) in [5.74, 6) is 0.130. The Morgan fingerprint density at radius 2 is 1.73 bits per heavy atom. The van der Waals surface area contributed by atoms with Gasteiger partial charge < -0.3 is 14.8 Å². The monoisotopic (exact) mass is 410 g/mol. The smallest absolute Gasteiger partial charge is 0.266 e. The van der Waals surface area contributed by atoms with E-state index >= 15 is 0 Å². The average Bonchev–Trinajstić information content (AvgIpc) is 2.57. The van der Waals surface area contributed by atoms with Crippen LogP contribution in [-0.4, -0.2) is 20.1 Å². The summed E-state index contributed by atoms with van der Waals surface area (Å²) in [5, 5.41) is 12.9. The van der Waals surface area contributed by atoms with Crippen LogP contribution in [0.1, 0.15) is 5.56 Å². The van der Waals surface area contributed by atoms with E-state index in [9.17, 15) is 10.1 Å². The Kier molecular flexibility index (Phi) is 6.76. The number of hydrogen-bond donors (Lipinski definition) is 1. The van der Waals surface area contributed by atoms with Gasteiger partial charge in [0.15, 0.2) is 11.5 Å². The van der Waals surface area contributed by atoms with Gasteiger partial charge in [0.2, 0.25) is 0 Å². The molecular formula is C18H13Cl3N2O3. The lowest BCUT2D eigenvalue weighted by atomic mass is 10.1. The molecule has 0 radical (unpaired) electrons. The lowest BCUT2D eigenvalue weighted by Gasteiger charge is -2.10. The number of hydrogen-bond acceptors (Lipinski definition) is 4. The number of rotatable bonds is 5. The van der Waals surface area contributed by atoms with Crippen LogP contribution in [0, 0.1) is 11.3 Å². The van der Waals surface area contributed by atoms with Crippen LogP contribution in [0.5, 0.6) is 11.5 Å². The molecule has 0 aromatic heterocycles. The lowest BCUT2D eigenvalue weighted by molar-refractivity contribution is -0.112. The van der Waals surface area contributed by atoms with Gasteiger partial charge in [-0.05, 0) is 42.0 Å². The van der Waals surface area contributed by atoms with Crippen molar-refractivity contribution in [1.29, 1.82) is 5.26 Å². The second kappa shape index (κ2) is 8.81. The third-order valence-electron chi connectivity index (χ3n) is 3.25. The van der Waals surface area contributed by atoms with Gasteiger partial charge in [0.1, 0.15) is 11.6 Å². The van der Waals surface area contributed by atoms with Crippen LogP contribution in [-0.2, 0) is 4.79 Å². The van der Waals surface area contributed by atoms with Crippen molar-refractivity contribution in [3.63, 3.8) is 0 Å². The molecule has 0 aliphatic rings. The fourth-order valence-electron chi connectivity index (χ4n) is 2.16. The Balaban J connectivity index is 2.34. The zero-order chi connectivity index (χ0) is 19.3. The maximum absolute atomic E-state index is 12.4. The second-order valence-corrected chi connectivity index (χ2v) is 6.30. The van der Waals surface area contributed by atoms with Crippen molar-refractivity contribution in [2.24, 2.45) is 0 Å². The van der Waals surface area contributed by atoms with Crippen LogP contribution in [0.3, 0.4) is 0 Å². The molecule has 0 aliphatic carbocycles. The molecule has 5 nitrogen and oxygen atoms in total. The summed E-state index contributed by atoms with van der Waals surface area (Å²) in [5.41, 5.74) is 0.742. The first kappa shape index (κ1) is 19.9. The minimum atomic E-state index is -0.614. The number of nitrogens with zero attached hydrogens (tertiary/aromatic N) is 1. The minimum absolute atomic E-state index is 0.135. The fraction of sp³-hybridized carbons (Fsp3) is 0.111. The number of ether oxygens (including phenoxy) is 2. The first-order valence-electron chi connectivity index (χ1n) is 7.18. The van der Waals surface area contributed by atoms with Crippen molar-refractivity contribution in [2.45, 2.75) is 0 Å². The standard InChI is InChI=1S/C18H13Cl3N2O3/c1-25-16-5-10(4-15(21)17(16)26-2)3-11(9-22)18(24)23-14-7-12(19)6-13(20)8-14/h3-8H,1-2H3,(H,23,24)/b11-3-. The Morgan fingerprint density at radius 1 is 1.08 bits per heavy atom. The molecule has 134 valence electrons. The predicted octanol–water partition coefficient (Wildman–Crippen LogP) is 5.21. The van der Waals surface area contributed by atoms with E-state index in [1.807, 2.05) is 6.07 Å². The number of anilines is 1. The molecule has 0 heterocycles. The molecular weight excluding hydrogens is 399 g/mol. The highest BCUT2D eigenvalue weighted by Gasteiger charge is 2.14. The van der Waals surface area contributed by atoms with Gasteiger partial charge in [-0.3, -0.25) is 4.79 Å². The Morgan fingerprint density at radius 3 is 2.27 bits per heavy atom. The van der Waals surface area contributed by atoms with Gasteiger partial charge in [-0.1, -0.05) is 34.8 Å². The van der Waals surface area contributed by atoms with Crippen LogP contribution in [0.15, 0.2) is 35.9 Å². The normalized spacial score (nSPS) is 10.8. The van der Waals surface area contributed by atoms with Crippen LogP contribution >= 0.6 is 34.8 Å². The van der Waals surface area contributed by atoms with Crippen molar-refractivity contribution in [3.05, 3.63) is 56.5 Å². The molecule has 26 heavy (non-hydrogen) atoms. The van der Waals surface area contributed by atoms with Gasteiger partial charge in [0.05, 0.1) is 19.2 Å². The van der Waals surface area contributed by atoms with E-state index in [0.717, 1.165) is 0 Å². The molecule has 1 N–H and O–H groups in total. The molecule has 2 aromatic carbocycles. The maximum atomic E-state index is 12.4. The topological polar surface area (TPSA) is 71.3 Å². The van der Waals surface area contributed by atoms with Gasteiger partial charge in [0.25, 0.3) is 5.91 Å². The van der Waals surface area contributed by atoms with Gasteiger partial charge in [-0.25, -0.2) is 0 Å². The number of methoxy groups -OCH3 is 2. The molecule has 0 spiro atoms. The van der Waals surface area contributed by atoms with Crippen molar-refractivity contribution in [3.8, 4) is 17.6 Å². The number of halogens is 3. The zero-order valence-electron chi connectivity index (χ0n) is 13.8. The number of amides is 1. The van der Waals surface area contributed by atoms with E-state index in [2.05, 4.69) is 5.32 Å². The van der Waals surface area contributed by atoms with E-state index in [1.165, 1.54) is 38.5 Å². The van der Waals surface area contributed by atoms with Gasteiger partial charge in [-0.15, -0.1) is 0 Å². The zero-order valence-corrected chi connectivity index (χ0v) is 16.0. The summed E-state index contributed by atoms with van der Waals surface area (Å²) in [7, 11) is 2.92. The molecule has 0 unspecified atom stereocenters. The van der Waals surface area contributed by atoms with E-state index in [4.69, 9.17) is 44.3 Å². The quantitative estimate of drug-likeness (QED) is 0.541. The summed E-state index contributed by atoms with van der Waals surface area (Å²) < 4.78 is 10.4. The number of carbonyl (C=O) groups is 1. The van der Waals surface area contributed by atoms with Crippen molar-refractivity contribution >= 4 is 52.5 Å². The van der Waals surface area contributed by atoms with Crippen molar-refractivity contribution in [1.82, 2.24) is 0 Å². The summed E-state index contributed by atoms with van der Waals surface area (Å²) in [6, 6.07) is 9.59. The molecule has 2 aromatic rings. The first-order valence-corrected chi connectivity index (χ1v) is 8.32. The van der Waals surface area contributed by atoms with Crippen LogP contribution < -0.4 is 14.8 Å². The first-order chi connectivity index (χ1) is 12.4. The SMILES string of the molecule is COc1cc(/C=C(/C#N)C(=O)Nc2cc(Cl)cc(Cl)c2)cc(Cl)c1OC. The summed E-state index contributed by atoms with van der Waals surface area (Å²) in [6.07, 6.45) is 1.38. The largest absolute Gasteiger partial charge is 0.493 e. The molecule has 0 aliphatic heterocycles. The van der Waals surface area contributed by atoms with Gasteiger partial charge >= 0.3 is 0 Å². The van der Waals surface area contributed by atoms with Gasteiger partial charge in [-0.2, -0.15) is 5.26 Å².